The quantitative estimate of drug-likeness (QED) is 0.736. The first kappa shape index (κ1) is 11.4. The lowest BCUT2D eigenvalue weighted by Crippen LogP contribution is -2.58. The molecule has 0 bridgehead atoms. The molecular formula is C11H18N2O3. The van der Waals surface area contributed by atoms with Crippen LogP contribution >= 0.6 is 0 Å². The summed E-state index contributed by atoms with van der Waals surface area (Å²) in [5.74, 6) is -0.882. The fourth-order valence-electron chi connectivity index (χ4n) is 2.34. The predicted molar refractivity (Wildman–Crippen MR) is 58.0 cm³/mol. The number of likely N-dealkylation sites (tertiary alicyclic amines) is 2. The third-order valence-electron chi connectivity index (χ3n) is 3.58. The van der Waals surface area contributed by atoms with Crippen LogP contribution in [0.2, 0.25) is 0 Å². The van der Waals surface area contributed by atoms with E-state index in [0.29, 0.717) is 13.1 Å². The first-order chi connectivity index (χ1) is 7.59. The Bertz CT molecular complexity index is 294. The zero-order valence-electron chi connectivity index (χ0n) is 9.56. The van der Waals surface area contributed by atoms with E-state index >= 15 is 0 Å². The number of rotatable bonds is 3. The van der Waals surface area contributed by atoms with Crippen molar-refractivity contribution in [2.45, 2.75) is 25.8 Å². The zero-order chi connectivity index (χ0) is 11.7. The molecule has 2 rings (SSSR count). The zero-order valence-corrected chi connectivity index (χ0v) is 9.56. The van der Waals surface area contributed by atoms with Crippen molar-refractivity contribution in [1.29, 1.82) is 0 Å². The molecule has 90 valence electrons. The molecule has 1 amide bonds. The summed E-state index contributed by atoms with van der Waals surface area (Å²) in [6, 6.07) is -0.159. The molecule has 5 heteroatoms. The number of amides is 1. The van der Waals surface area contributed by atoms with Crippen LogP contribution in [0.1, 0.15) is 19.8 Å². The second-order valence-corrected chi connectivity index (χ2v) is 4.70. The molecule has 0 saturated carbocycles. The van der Waals surface area contributed by atoms with E-state index in [4.69, 9.17) is 5.11 Å². The molecule has 0 aliphatic carbocycles. The van der Waals surface area contributed by atoms with Crippen LogP contribution in [0.3, 0.4) is 0 Å². The molecule has 2 aliphatic rings. The van der Waals surface area contributed by atoms with Gasteiger partial charge in [-0.1, -0.05) is 0 Å². The third-order valence-corrected chi connectivity index (χ3v) is 3.58. The van der Waals surface area contributed by atoms with Crippen LogP contribution in [0.25, 0.3) is 0 Å². The third kappa shape index (κ3) is 2.04. The van der Waals surface area contributed by atoms with Gasteiger partial charge < -0.3 is 10.0 Å². The van der Waals surface area contributed by atoms with E-state index in [1.165, 1.54) is 0 Å². The fraction of sp³-hybridized carbons (Fsp3) is 0.818. The maximum absolute atomic E-state index is 12.0. The molecule has 2 fully saturated rings. The molecule has 2 aliphatic heterocycles. The highest BCUT2D eigenvalue weighted by Gasteiger charge is 2.38. The molecule has 0 aromatic heterocycles. The Kier molecular flexibility index (Phi) is 3.14. The summed E-state index contributed by atoms with van der Waals surface area (Å²) >= 11 is 0. The van der Waals surface area contributed by atoms with Crippen molar-refractivity contribution >= 4 is 11.9 Å². The molecule has 1 atom stereocenters. The van der Waals surface area contributed by atoms with Crippen molar-refractivity contribution in [2.75, 3.05) is 26.2 Å². The summed E-state index contributed by atoms with van der Waals surface area (Å²) in [6.45, 7) is 4.61. The van der Waals surface area contributed by atoms with E-state index in [2.05, 4.69) is 0 Å². The standard InChI is InChI=1S/C11H18N2O3/c1-8(10(14)12-4-2-3-5-12)13-6-9(7-13)11(15)16/h8-9H,2-7H2,1H3,(H,15,16). The predicted octanol–water partition coefficient (Wildman–Crippen LogP) is 0.0137. The van der Waals surface area contributed by atoms with Crippen LogP contribution in [0.4, 0.5) is 0 Å². The summed E-state index contributed by atoms with van der Waals surface area (Å²) in [6.07, 6.45) is 2.19. The first-order valence-corrected chi connectivity index (χ1v) is 5.85. The van der Waals surface area contributed by atoms with Crippen LogP contribution in [0.15, 0.2) is 0 Å². The maximum atomic E-state index is 12.0. The molecule has 0 radical (unpaired) electrons. The number of hydrogen-bond donors (Lipinski definition) is 1. The van der Waals surface area contributed by atoms with Gasteiger partial charge >= 0.3 is 5.97 Å². The molecule has 2 saturated heterocycles. The largest absolute Gasteiger partial charge is 0.481 e. The van der Waals surface area contributed by atoms with Crippen molar-refractivity contribution in [2.24, 2.45) is 5.92 Å². The van der Waals surface area contributed by atoms with Gasteiger partial charge in [-0.3, -0.25) is 14.5 Å². The maximum Gasteiger partial charge on any atom is 0.309 e. The Labute approximate surface area is 95.0 Å². The van der Waals surface area contributed by atoms with Crippen molar-refractivity contribution in [1.82, 2.24) is 9.80 Å². The highest BCUT2D eigenvalue weighted by atomic mass is 16.4. The molecule has 1 N–H and O–H groups in total. The van der Waals surface area contributed by atoms with Gasteiger partial charge in [-0.25, -0.2) is 0 Å². The number of aliphatic carboxylic acids is 1. The minimum Gasteiger partial charge on any atom is -0.481 e. The van der Waals surface area contributed by atoms with Gasteiger partial charge in [0.25, 0.3) is 0 Å². The normalized spacial score (nSPS) is 24.2. The fourth-order valence-corrected chi connectivity index (χ4v) is 2.34. The molecule has 16 heavy (non-hydrogen) atoms. The van der Waals surface area contributed by atoms with Gasteiger partial charge in [-0.2, -0.15) is 0 Å². The number of hydrogen-bond acceptors (Lipinski definition) is 3. The van der Waals surface area contributed by atoms with Crippen LogP contribution in [0, 0.1) is 5.92 Å². The van der Waals surface area contributed by atoms with Gasteiger partial charge in [-0.15, -0.1) is 0 Å². The number of carboxylic acid groups (broad SMARTS) is 1. The Morgan fingerprint density at radius 2 is 1.81 bits per heavy atom. The average molecular weight is 226 g/mol. The van der Waals surface area contributed by atoms with E-state index in [1.807, 2.05) is 16.7 Å². The molecule has 5 nitrogen and oxygen atoms in total. The lowest BCUT2D eigenvalue weighted by molar-refractivity contribution is -0.152. The van der Waals surface area contributed by atoms with Crippen LogP contribution in [-0.2, 0) is 9.59 Å². The summed E-state index contributed by atoms with van der Waals surface area (Å²) in [7, 11) is 0. The minimum absolute atomic E-state index is 0.154. The van der Waals surface area contributed by atoms with Crippen LogP contribution in [0.5, 0.6) is 0 Å². The van der Waals surface area contributed by atoms with Gasteiger partial charge in [-0.05, 0) is 19.8 Å². The minimum atomic E-state index is -0.753. The Morgan fingerprint density at radius 3 is 2.31 bits per heavy atom. The Hall–Kier alpha value is -1.10. The number of carbonyl (C=O) groups is 2. The smallest absolute Gasteiger partial charge is 0.309 e. The molecule has 0 aromatic rings. The Balaban J connectivity index is 1.82. The van der Waals surface area contributed by atoms with Crippen molar-refractivity contribution < 1.29 is 14.7 Å². The molecular weight excluding hydrogens is 208 g/mol. The number of nitrogens with zero attached hydrogens (tertiary/aromatic N) is 2. The lowest BCUT2D eigenvalue weighted by Gasteiger charge is -2.41. The van der Waals surface area contributed by atoms with E-state index < -0.39 is 5.97 Å². The molecule has 0 aromatic carbocycles. The highest BCUT2D eigenvalue weighted by Crippen LogP contribution is 2.21. The summed E-state index contributed by atoms with van der Waals surface area (Å²) in [4.78, 5) is 26.5. The Morgan fingerprint density at radius 1 is 1.25 bits per heavy atom. The van der Waals surface area contributed by atoms with E-state index in [9.17, 15) is 9.59 Å². The second kappa shape index (κ2) is 4.41. The summed E-state index contributed by atoms with van der Waals surface area (Å²) in [5.41, 5.74) is 0. The number of carbonyl (C=O) groups excluding carboxylic acids is 1. The molecule has 0 spiro atoms. The summed E-state index contributed by atoms with van der Waals surface area (Å²) < 4.78 is 0. The average Bonchev–Trinajstić information content (AvgIpc) is 2.65. The summed E-state index contributed by atoms with van der Waals surface area (Å²) in [5, 5.41) is 8.76. The van der Waals surface area contributed by atoms with Gasteiger partial charge in [0.1, 0.15) is 0 Å². The topological polar surface area (TPSA) is 60.9 Å². The lowest BCUT2D eigenvalue weighted by atomic mass is 9.98. The van der Waals surface area contributed by atoms with E-state index in [0.717, 1.165) is 25.9 Å². The van der Waals surface area contributed by atoms with E-state index in [1.54, 1.807) is 0 Å². The first-order valence-electron chi connectivity index (χ1n) is 5.85. The van der Waals surface area contributed by atoms with Crippen molar-refractivity contribution in [3.05, 3.63) is 0 Å². The van der Waals surface area contributed by atoms with Crippen molar-refractivity contribution in [3.8, 4) is 0 Å². The SMILES string of the molecule is CC(C(=O)N1CCCC1)N1CC(C(=O)O)C1. The van der Waals surface area contributed by atoms with Gasteiger partial charge in [0.05, 0.1) is 12.0 Å². The van der Waals surface area contributed by atoms with Gasteiger partial charge in [0.2, 0.25) is 5.91 Å². The second-order valence-electron chi connectivity index (χ2n) is 4.70. The van der Waals surface area contributed by atoms with Gasteiger partial charge in [0.15, 0.2) is 0 Å². The van der Waals surface area contributed by atoms with Crippen LogP contribution in [-0.4, -0.2) is 59.0 Å². The monoisotopic (exact) mass is 226 g/mol. The highest BCUT2D eigenvalue weighted by molar-refractivity contribution is 5.82. The molecule has 1 unspecified atom stereocenters. The van der Waals surface area contributed by atoms with Crippen molar-refractivity contribution in [3.63, 3.8) is 0 Å². The number of carboxylic acids is 1. The van der Waals surface area contributed by atoms with Gasteiger partial charge in [0, 0.05) is 26.2 Å². The molecule has 2 heterocycles. The van der Waals surface area contributed by atoms with E-state index in [-0.39, 0.29) is 17.9 Å². The van der Waals surface area contributed by atoms with Crippen LogP contribution < -0.4 is 0 Å².